The molecule has 0 aliphatic rings. The molecule has 5 rings (SSSR count). The van der Waals surface area contributed by atoms with Crippen LogP contribution in [0.3, 0.4) is 0 Å². The topological polar surface area (TPSA) is 65.2 Å². The fourth-order valence-electron chi connectivity index (χ4n) is 4.72. The van der Waals surface area contributed by atoms with E-state index in [2.05, 4.69) is 0 Å². The number of benzene rings is 5. The number of aliphatic imine (C=N–C) groups is 2. The van der Waals surface area contributed by atoms with Crippen molar-refractivity contribution in [1.29, 1.82) is 0 Å². The van der Waals surface area contributed by atoms with E-state index in [1.807, 2.05) is 63.2 Å². The van der Waals surface area contributed by atoms with E-state index in [-0.39, 0.29) is 11.5 Å². The standard InChI is InChI=1S/C31H24Cl2N2O2/c1-17-12-18(2)31(35-16-27-25-9-7-23(33)14-21(25)5-11-29(27)37)19(3)30(17)34-15-26-24-8-6-22(32)13-20(24)4-10-28(26)36/h4-16,36-37H,1-3H3. The summed E-state index contributed by atoms with van der Waals surface area (Å²) < 4.78 is 0. The molecule has 0 atom stereocenters. The molecule has 0 fully saturated rings. The Morgan fingerprint density at radius 1 is 0.595 bits per heavy atom. The zero-order valence-electron chi connectivity index (χ0n) is 20.6. The zero-order valence-corrected chi connectivity index (χ0v) is 22.1. The first-order valence-electron chi connectivity index (χ1n) is 11.7. The van der Waals surface area contributed by atoms with Crippen molar-refractivity contribution in [1.82, 2.24) is 0 Å². The minimum atomic E-state index is 0.144. The second-order valence-electron chi connectivity index (χ2n) is 9.08. The van der Waals surface area contributed by atoms with Crippen molar-refractivity contribution in [2.24, 2.45) is 9.98 Å². The number of phenolic OH excluding ortho intramolecular Hbond substituents is 2. The number of nitrogens with zero attached hydrogens (tertiary/aromatic N) is 2. The van der Waals surface area contributed by atoms with E-state index in [1.54, 1.807) is 36.7 Å². The van der Waals surface area contributed by atoms with Crippen molar-refractivity contribution in [3.05, 3.63) is 105 Å². The summed E-state index contributed by atoms with van der Waals surface area (Å²) >= 11 is 12.3. The van der Waals surface area contributed by atoms with Crippen LogP contribution in [0.5, 0.6) is 11.5 Å². The lowest BCUT2D eigenvalue weighted by molar-refractivity contribution is 0.475. The highest BCUT2D eigenvalue weighted by Gasteiger charge is 2.12. The maximum absolute atomic E-state index is 10.6. The quantitative estimate of drug-likeness (QED) is 0.229. The third kappa shape index (κ3) is 4.78. The van der Waals surface area contributed by atoms with Crippen molar-refractivity contribution < 1.29 is 10.2 Å². The van der Waals surface area contributed by atoms with E-state index in [0.29, 0.717) is 21.2 Å². The molecule has 2 N–H and O–H groups in total. The summed E-state index contributed by atoms with van der Waals surface area (Å²) in [6.07, 6.45) is 3.37. The van der Waals surface area contributed by atoms with Gasteiger partial charge in [0, 0.05) is 39.2 Å². The van der Waals surface area contributed by atoms with Crippen LogP contribution in [0.1, 0.15) is 27.8 Å². The highest BCUT2D eigenvalue weighted by atomic mass is 35.5. The molecule has 0 amide bonds. The van der Waals surface area contributed by atoms with Gasteiger partial charge in [0.25, 0.3) is 0 Å². The van der Waals surface area contributed by atoms with Crippen LogP contribution in [-0.4, -0.2) is 22.6 Å². The molecule has 0 aliphatic heterocycles. The number of hydrogen-bond acceptors (Lipinski definition) is 4. The van der Waals surface area contributed by atoms with Gasteiger partial charge in [-0.15, -0.1) is 0 Å². The Balaban J connectivity index is 1.59. The molecular weight excluding hydrogens is 503 g/mol. The molecule has 0 spiro atoms. The Morgan fingerprint density at radius 2 is 1.03 bits per heavy atom. The largest absolute Gasteiger partial charge is 0.507 e. The number of rotatable bonds is 4. The Bertz CT molecular complexity index is 1630. The second-order valence-corrected chi connectivity index (χ2v) is 9.95. The van der Waals surface area contributed by atoms with E-state index < -0.39 is 0 Å². The normalized spacial score (nSPS) is 11.9. The van der Waals surface area contributed by atoms with Gasteiger partial charge < -0.3 is 10.2 Å². The summed E-state index contributed by atoms with van der Waals surface area (Å²) in [7, 11) is 0. The highest BCUT2D eigenvalue weighted by molar-refractivity contribution is 6.31. The van der Waals surface area contributed by atoms with E-state index in [4.69, 9.17) is 33.2 Å². The third-order valence-electron chi connectivity index (χ3n) is 6.54. The third-order valence-corrected chi connectivity index (χ3v) is 7.01. The van der Waals surface area contributed by atoms with E-state index >= 15 is 0 Å². The van der Waals surface area contributed by atoms with Crippen LogP contribution in [-0.2, 0) is 0 Å². The maximum Gasteiger partial charge on any atom is 0.124 e. The first kappa shape index (κ1) is 24.8. The fourth-order valence-corrected chi connectivity index (χ4v) is 5.08. The zero-order chi connectivity index (χ0) is 26.3. The van der Waals surface area contributed by atoms with Gasteiger partial charge in [-0.25, -0.2) is 0 Å². The molecule has 184 valence electrons. The highest BCUT2D eigenvalue weighted by Crippen LogP contribution is 2.37. The predicted octanol–water partition coefficient (Wildman–Crippen LogP) is 9.14. The molecule has 5 aromatic rings. The molecule has 0 saturated carbocycles. The Hall–Kier alpha value is -3.86. The van der Waals surface area contributed by atoms with Gasteiger partial charge in [0.05, 0.1) is 11.4 Å². The van der Waals surface area contributed by atoms with Gasteiger partial charge in [-0.05, 0) is 89.8 Å². The molecule has 0 aromatic heterocycles. The average molecular weight is 527 g/mol. The molecule has 0 heterocycles. The lowest BCUT2D eigenvalue weighted by Gasteiger charge is -2.12. The molecule has 0 aliphatic carbocycles. The van der Waals surface area contributed by atoms with E-state index in [1.165, 1.54) is 0 Å². The van der Waals surface area contributed by atoms with Gasteiger partial charge in [0.1, 0.15) is 11.5 Å². The SMILES string of the molecule is Cc1cc(C)c(N=Cc2c(O)ccc3cc(Cl)ccc23)c(C)c1N=Cc1c(O)ccc2cc(Cl)ccc12. The number of fused-ring (bicyclic) bond motifs is 2. The van der Waals surface area contributed by atoms with Crippen LogP contribution in [0.25, 0.3) is 21.5 Å². The number of hydrogen-bond donors (Lipinski definition) is 2. The smallest absolute Gasteiger partial charge is 0.124 e. The molecule has 4 nitrogen and oxygen atoms in total. The monoisotopic (exact) mass is 526 g/mol. The summed E-state index contributed by atoms with van der Waals surface area (Å²) in [5.41, 5.74) is 5.69. The number of halogens is 2. The molecule has 0 unspecified atom stereocenters. The van der Waals surface area contributed by atoms with Crippen molar-refractivity contribution in [3.8, 4) is 11.5 Å². The first-order chi connectivity index (χ1) is 17.7. The van der Waals surface area contributed by atoms with Gasteiger partial charge in [0.2, 0.25) is 0 Å². The van der Waals surface area contributed by atoms with Gasteiger partial charge in [-0.1, -0.05) is 53.5 Å². The molecule has 0 bridgehead atoms. The summed E-state index contributed by atoms with van der Waals surface area (Å²) in [6.45, 7) is 5.98. The Morgan fingerprint density at radius 3 is 1.46 bits per heavy atom. The van der Waals surface area contributed by atoms with Crippen LogP contribution >= 0.6 is 23.2 Å². The molecule has 5 aromatic carbocycles. The van der Waals surface area contributed by atoms with Crippen molar-refractivity contribution in [2.45, 2.75) is 20.8 Å². The van der Waals surface area contributed by atoms with E-state index in [0.717, 1.165) is 49.6 Å². The van der Waals surface area contributed by atoms with Crippen LogP contribution in [0.4, 0.5) is 11.4 Å². The molecule has 0 saturated heterocycles. The van der Waals surface area contributed by atoms with Crippen LogP contribution in [0.2, 0.25) is 10.0 Å². The van der Waals surface area contributed by atoms with Crippen molar-refractivity contribution >= 4 is 68.6 Å². The summed E-state index contributed by atoms with van der Waals surface area (Å²) in [5, 5.41) is 25.9. The van der Waals surface area contributed by atoms with Crippen LogP contribution in [0.15, 0.2) is 76.7 Å². The van der Waals surface area contributed by atoms with E-state index in [9.17, 15) is 10.2 Å². The molecular formula is C31H24Cl2N2O2. The summed E-state index contributed by atoms with van der Waals surface area (Å²) in [6, 6.07) is 20.1. The fraction of sp³-hybridized carbons (Fsp3) is 0.0968. The lowest BCUT2D eigenvalue weighted by atomic mass is 10.0. The van der Waals surface area contributed by atoms with Crippen LogP contribution < -0.4 is 0 Å². The van der Waals surface area contributed by atoms with Crippen LogP contribution in [0, 0.1) is 20.8 Å². The van der Waals surface area contributed by atoms with Gasteiger partial charge in [-0.3, -0.25) is 9.98 Å². The van der Waals surface area contributed by atoms with Crippen molar-refractivity contribution in [2.75, 3.05) is 0 Å². The van der Waals surface area contributed by atoms with Gasteiger partial charge in [0.15, 0.2) is 0 Å². The number of aromatic hydroxyl groups is 2. The lowest BCUT2D eigenvalue weighted by Crippen LogP contribution is -1.91. The van der Waals surface area contributed by atoms with Gasteiger partial charge >= 0.3 is 0 Å². The molecule has 0 radical (unpaired) electrons. The Labute approximate surface area is 225 Å². The Kier molecular flexibility index (Phi) is 6.63. The number of phenols is 2. The number of aryl methyl sites for hydroxylation is 2. The summed E-state index contributed by atoms with van der Waals surface area (Å²) in [4.78, 5) is 9.57. The van der Waals surface area contributed by atoms with Gasteiger partial charge in [-0.2, -0.15) is 0 Å². The van der Waals surface area contributed by atoms with Crippen molar-refractivity contribution in [3.63, 3.8) is 0 Å². The minimum absolute atomic E-state index is 0.144. The second kappa shape index (κ2) is 9.89. The maximum atomic E-state index is 10.6. The predicted molar refractivity (Wildman–Crippen MR) is 156 cm³/mol. The molecule has 37 heavy (non-hydrogen) atoms. The average Bonchev–Trinajstić information content (AvgIpc) is 2.85. The first-order valence-corrected chi connectivity index (χ1v) is 12.5. The molecule has 6 heteroatoms. The summed E-state index contributed by atoms with van der Waals surface area (Å²) in [5.74, 6) is 0.288. The minimum Gasteiger partial charge on any atom is -0.507 e.